The standard InChI is InChI=1S/C10H9NO3/c1-5-3-4-7-8(11-5)6(2)9(14-7)10(12)13/h3-4H,1-2H3,(H,12,13). The predicted octanol–water partition coefficient (Wildman–Crippen LogP) is 2.14. The normalized spacial score (nSPS) is 10.7. The third-order valence-electron chi connectivity index (χ3n) is 2.10. The minimum atomic E-state index is -1.06. The molecule has 72 valence electrons. The van der Waals surface area contributed by atoms with Crippen LogP contribution in [0.15, 0.2) is 16.5 Å². The van der Waals surface area contributed by atoms with E-state index in [1.54, 1.807) is 19.1 Å². The van der Waals surface area contributed by atoms with Crippen LogP contribution in [-0.4, -0.2) is 16.1 Å². The summed E-state index contributed by atoms with van der Waals surface area (Å²) < 4.78 is 5.15. The Morgan fingerprint density at radius 2 is 2.14 bits per heavy atom. The maximum atomic E-state index is 10.8. The molecule has 0 unspecified atom stereocenters. The first-order chi connectivity index (χ1) is 6.59. The Bertz CT molecular complexity index is 513. The molecular formula is C10H9NO3. The molecule has 0 atom stereocenters. The Labute approximate surface area is 80.2 Å². The zero-order valence-corrected chi connectivity index (χ0v) is 7.87. The van der Waals surface area contributed by atoms with E-state index in [1.807, 2.05) is 6.92 Å². The summed E-state index contributed by atoms with van der Waals surface area (Å²) in [5.74, 6) is -1.09. The van der Waals surface area contributed by atoms with Crippen LogP contribution in [-0.2, 0) is 0 Å². The highest BCUT2D eigenvalue weighted by Gasteiger charge is 2.17. The number of aromatic nitrogens is 1. The van der Waals surface area contributed by atoms with E-state index in [1.165, 1.54) is 0 Å². The van der Waals surface area contributed by atoms with Crippen LogP contribution in [0.3, 0.4) is 0 Å². The molecule has 0 saturated heterocycles. The number of carboxylic acids is 1. The van der Waals surface area contributed by atoms with Crippen LogP contribution in [0, 0.1) is 13.8 Å². The van der Waals surface area contributed by atoms with Crippen LogP contribution in [0.5, 0.6) is 0 Å². The Balaban J connectivity index is 2.80. The molecule has 14 heavy (non-hydrogen) atoms. The number of fused-ring (bicyclic) bond motifs is 1. The van der Waals surface area contributed by atoms with Gasteiger partial charge in [0.25, 0.3) is 0 Å². The van der Waals surface area contributed by atoms with Gasteiger partial charge in [0.2, 0.25) is 5.76 Å². The van der Waals surface area contributed by atoms with Crippen LogP contribution < -0.4 is 0 Å². The number of hydrogen-bond acceptors (Lipinski definition) is 3. The van der Waals surface area contributed by atoms with Gasteiger partial charge in [0.15, 0.2) is 5.58 Å². The lowest BCUT2D eigenvalue weighted by atomic mass is 10.2. The molecule has 0 radical (unpaired) electrons. The minimum absolute atomic E-state index is 0.0295. The van der Waals surface area contributed by atoms with E-state index in [0.717, 1.165) is 5.69 Å². The van der Waals surface area contributed by atoms with Crippen molar-refractivity contribution >= 4 is 17.1 Å². The Morgan fingerprint density at radius 3 is 2.79 bits per heavy atom. The van der Waals surface area contributed by atoms with Gasteiger partial charge in [-0.1, -0.05) is 0 Å². The average molecular weight is 191 g/mol. The number of aromatic carboxylic acids is 1. The van der Waals surface area contributed by atoms with Gasteiger partial charge in [-0.25, -0.2) is 9.78 Å². The van der Waals surface area contributed by atoms with Gasteiger partial charge in [-0.3, -0.25) is 0 Å². The van der Waals surface area contributed by atoms with Crippen LogP contribution in [0.2, 0.25) is 0 Å². The van der Waals surface area contributed by atoms with Crippen molar-refractivity contribution < 1.29 is 14.3 Å². The fourth-order valence-electron chi connectivity index (χ4n) is 1.39. The fourth-order valence-corrected chi connectivity index (χ4v) is 1.39. The molecule has 2 aromatic heterocycles. The number of hydrogen-bond donors (Lipinski definition) is 1. The highest BCUT2D eigenvalue weighted by molar-refractivity contribution is 5.93. The van der Waals surface area contributed by atoms with Gasteiger partial charge in [-0.2, -0.15) is 0 Å². The van der Waals surface area contributed by atoms with Crippen LogP contribution >= 0.6 is 0 Å². The number of pyridine rings is 1. The Kier molecular flexibility index (Phi) is 1.77. The highest BCUT2D eigenvalue weighted by Crippen LogP contribution is 2.23. The summed E-state index contributed by atoms with van der Waals surface area (Å²) in [6.07, 6.45) is 0. The molecule has 0 aromatic carbocycles. The number of aryl methyl sites for hydroxylation is 2. The van der Waals surface area contributed by atoms with Crippen molar-refractivity contribution in [2.75, 3.05) is 0 Å². The van der Waals surface area contributed by atoms with E-state index in [2.05, 4.69) is 4.98 Å². The number of rotatable bonds is 1. The lowest BCUT2D eigenvalue weighted by Gasteiger charge is -1.90. The summed E-state index contributed by atoms with van der Waals surface area (Å²) >= 11 is 0. The monoisotopic (exact) mass is 191 g/mol. The second kappa shape index (κ2) is 2.83. The summed E-state index contributed by atoms with van der Waals surface area (Å²) in [5.41, 5.74) is 2.57. The van der Waals surface area contributed by atoms with Crippen LogP contribution in [0.1, 0.15) is 21.8 Å². The summed E-state index contributed by atoms with van der Waals surface area (Å²) in [6.45, 7) is 3.55. The molecule has 0 bridgehead atoms. The van der Waals surface area contributed by atoms with E-state index in [0.29, 0.717) is 16.7 Å². The fraction of sp³-hybridized carbons (Fsp3) is 0.200. The van der Waals surface area contributed by atoms with Crippen molar-refractivity contribution in [3.63, 3.8) is 0 Å². The molecule has 2 aromatic rings. The maximum Gasteiger partial charge on any atom is 0.372 e. The lowest BCUT2D eigenvalue weighted by molar-refractivity contribution is 0.0664. The quantitative estimate of drug-likeness (QED) is 0.750. The SMILES string of the molecule is Cc1ccc2oc(C(=O)O)c(C)c2n1. The minimum Gasteiger partial charge on any atom is -0.475 e. The van der Waals surface area contributed by atoms with Gasteiger partial charge in [-0.15, -0.1) is 0 Å². The van der Waals surface area contributed by atoms with E-state index >= 15 is 0 Å². The number of nitrogens with zero attached hydrogens (tertiary/aromatic N) is 1. The molecule has 4 heteroatoms. The Hall–Kier alpha value is -1.84. The van der Waals surface area contributed by atoms with Gasteiger partial charge in [0.05, 0.1) is 0 Å². The van der Waals surface area contributed by atoms with Crippen LogP contribution in [0.25, 0.3) is 11.1 Å². The van der Waals surface area contributed by atoms with Crippen molar-refractivity contribution in [3.05, 3.63) is 29.2 Å². The zero-order chi connectivity index (χ0) is 10.3. The van der Waals surface area contributed by atoms with E-state index < -0.39 is 5.97 Å². The number of carboxylic acid groups (broad SMARTS) is 1. The van der Waals surface area contributed by atoms with Gasteiger partial charge in [0.1, 0.15) is 5.52 Å². The highest BCUT2D eigenvalue weighted by atomic mass is 16.4. The lowest BCUT2D eigenvalue weighted by Crippen LogP contribution is -1.95. The smallest absolute Gasteiger partial charge is 0.372 e. The van der Waals surface area contributed by atoms with Crippen LogP contribution in [0.4, 0.5) is 0 Å². The second-order valence-corrected chi connectivity index (χ2v) is 3.16. The topological polar surface area (TPSA) is 63.3 Å². The molecule has 0 fully saturated rings. The van der Waals surface area contributed by atoms with Gasteiger partial charge < -0.3 is 9.52 Å². The summed E-state index contributed by atoms with van der Waals surface area (Å²) in [7, 11) is 0. The number of furan rings is 1. The van der Waals surface area contributed by atoms with E-state index in [4.69, 9.17) is 9.52 Å². The summed E-state index contributed by atoms with van der Waals surface area (Å²) in [5, 5.41) is 8.81. The molecule has 0 spiro atoms. The van der Waals surface area contributed by atoms with Crippen molar-refractivity contribution in [3.8, 4) is 0 Å². The molecular weight excluding hydrogens is 182 g/mol. The predicted molar refractivity (Wildman–Crippen MR) is 50.4 cm³/mol. The number of carbonyl (C=O) groups is 1. The molecule has 0 amide bonds. The molecule has 0 aliphatic carbocycles. The van der Waals surface area contributed by atoms with E-state index in [9.17, 15) is 4.79 Å². The van der Waals surface area contributed by atoms with Gasteiger partial charge in [0, 0.05) is 11.3 Å². The van der Waals surface area contributed by atoms with Crippen molar-refractivity contribution in [1.82, 2.24) is 4.98 Å². The maximum absolute atomic E-state index is 10.8. The summed E-state index contributed by atoms with van der Waals surface area (Å²) in [4.78, 5) is 15.0. The molecule has 1 N–H and O–H groups in total. The Morgan fingerprint density at radius 1 is 1.43 bits per heavy atom. The van der Waals surface area contributed by atoms with Crippen molar-refractivity contribution in [2.24, 2.45) is 0 Å². The second-order valence-electron chi connectivity index (χ2n) is 3.16. The van der Waals surface area contributed by atoms with E-state index in [-0.39, 0.29) is 5.76 Å². The molecule has 4 nitrogen and oxygen atoms in total. The third kappa shape index (κ3) is 1.16. The first kappa shape index (κ1) is 8.74. The molecule has 2 rings (SSSR count). The molecule has 0 aliphatic rings. The molecule has 0 aliphatic heterocycles. The van der Waals surface area contributed by atoms with Crippen molar-refractivity contribution in [2.45, 2.75) is 13.8 Å². The molecule has 0 saturated carbocycles. The van der Waals surface area contributed by atoms with Crippen molar-refractivity contribution in [1.29, 1.82) is 0 Å². The first-order valence-electron chi connectivity index (χ1n) is 4.19. The first-order valence-corrected chi connectivity index (χ1v) is 4.19. The average Bonchev–Trinajstić information content (AvgIpc) is 2.44. The largest absolute Gasteiger partial charge is 0.475 e. The third-order valence-corrected chi connectivity index (χ3v) is 2.10. The summed E-state index contributed by atoms with van der Waals surface area (Å²) in [6, 6.07) is 3.52. The zero-order valence-electron chi connectivity index (χ0n) is 7.87. The molecule has 2 heterocycles. The van der Waals surface area contributed by atoms with Gasteiger partial charge >= 0.3 is 5.97 Å². The van der Waals surface area contributed by atoms with Gasteiger partial charge in [-0.05, 0) is 26.0 Å².